The molecule has 0 aromatic carbocycles. The van der Waals surface area contributed by atoms with Gasteiger partial charge in [0.15, 0.2) is 0 Å². The minimum atomic E-state index is -4.59. The molecular weight excluding hydrogens is 251 g/mol. The Morgan fingerprint density at radius 3 is 2.50 bits per heavy atom. The maximum absolute atomic E-state index is 12.2. The Balaban J connectivity index is 2.59. The number of carboxylic acid groups (broad SMARTS) is 1. The lowest BCUT2D eigenvalue weighted by atomic mass is 10.0. The van der Waals surface area contributed by atoms with E-state index in [1.165, 1.54) is 0 Å². The fourth-order valence-corrected chi connectivity index (χ4v) is 1.83. The summed E-state index contributed by atoms with van der Waals surface area (Å²) >= 11 is 0. The number of hydrogen-bond acceptors (Lipinski definition) is 2. The van der Waals surface area contributed by atoms with Crippen molar-refractivity contribution >= 4 is 11.9 Å². The topological polar surface area (TPSA) is 57.6 Å². The molecule has 0 bridgehead atoms. The summed E-state index contributed by atoms with van der Waals surface area (Å²) in [6.07, 6.45) is 0.513. The molecule has 0 radical (unpaired) electrons. The van der Waals surface area contributed by atoms with Gasteiger partial charge < -0.3 is 10.0 Å². The fraction of sp³-hybridized carbons (Fsp3) is 0.636. The summed E-state index contributed by atoms with van der Waals surface area (Å²) in [5.41, 5.74) is 0. The molecule has 18 heavy (non-hydrogen) atoms. The van der Waals surface area contributed by atoms with Gasteiger partial charge in [-0.25, -0.2) is 0 Å². The van der Waals surface area contributed by atoms with E-state index in [0.29, 0.717) is 4.90 Å². The van der Waals surface area contributed by atoms with Gasteiger partial charge >= 0.3 is 12.1 Å². The summed E-state index contributed by atoms with van der Waals surface area (Å²) < 4.78 is 36.7. The molecule has 1 unspecified atom stereocenters. The number of carbonyl (C=O) groups excluding carboxylic acids is 1. The van der Waals surface area contributed by atoms with Gasteiger partial charge in [-0.15, -0.1) is 0 Å². The van der Waals surface area contributed by atoms with Crippen molar-refractivity contribution in [2.24, 2.45) is 5.92 Å². The first-order valence-electron chi connectivity index (χ1n) is 5.51. The maximum atomic E-state index is 12.2. The van der Waals surface area contributed by atoms with Crippen LogP contribution in [0.4, 0.5) is 13.2 Å². The Kier molecular flexibility index (Phi) is 4.75. The van der Waals surface area contributed by atoms with Crippen LogP contribution in [0.1, 0.15) is 19.3 Å². The summed E-state index contributed by atoms with van der Waals surface area (Å²) in [5, 5.41) is 8.52. The van der Waals surface area contributed by atoms with E-state index < -0.39 is 31.1 Å². The predicted molar refractivity (Wildman–Crippen MR) is 56.8 cm³/mol. The highest BCUT2D eigenvalue weighted by Crippen LogP contribution is 2.23. The Morgan fingerprint density at radius 1 is 1.39 bits per heavy atom. The monoisotopic (exact) mass is 265 g/mol. The van der Waals surface area contributed by atoms with E-state index in [2.05, 4.69) is 0 Å². The number of allylic oxidation sites excluding steroid dienone is 2. The highest BCUT2D eigenvalue weighted by Gasteiger charge is 2.34. The molecule has 0 aromatic rings. The third kappa shape index (κ3) is 5.20. The van der Waals surface area contributed by atoms with Gasteiger partial charge in [-0.05, 0) is 18.8 Å². The Hall–Kier alpha value is -1.53. The van der Waals surface area contributed by atoms with Gasteiger partial charge in [0.05, 0.1) is 0 Å². The molecule has 1 rings (SSSR count). The van der Waals surface area contributed by atoms with Gasteiger partial charge in [0.25, 0.3) is 0 Å². The van der Waals surface area contributed by atoms with Gasteiger partial charge in [-0.2, -0.15) is 13.2 Å². The number of rotatable bonds is 5. The minimum Gasteiger partial charge on any atom is -0.480 e. The standard InChI is InChI=1S/C11H14F3NO3/c12-11(13,14)7-15(6-10(17)18)9(16)5-8-3-1-2-4-8/h1,3,8H,2,4-7H2,(H,17,18). The Labute approximate surface area is 102 Å². The summed E-state index contributed by atoms with van der Waals surface area (Å²) in [6.45, 7) is -2.44. The largest absolute Gasteiger partial charge is 0.480 e. The van der Waals surface area contributed by atoms with Crippen LogP contribution in [0.3, 0.4) is 0 Å². The highest BCUT2D eigenvalue weighted by atomic mass is 19.4. The van der Waals surface area contributed by atoms with Crippen LogP contribution in [0.5, 0.6) is 0 Å². The zero-order valence-corrected chi connectivity index (χ0v) is 9.61. The van der Waals surface area contributed by atoms with Crippen LogP contribution in [0.25, 0.3) is 0 Å². The molecule has 7 heteroatoms. The normalized spacial score (nSPS) is 18.9. The van der Waals surface area contributed by atoms with E-state index in [1.54, 1.807) is 6.08 Å². The lowest BCUT2D eigenvalue weighted by molar-refractivity contribution is -0.166. The van der Waals surface area contributed by atoms with Crippen molar-refractivity contribution in [3.8, 4) is 0 Å². The van der Waals surface area contributed by atoms with E-state index >= 15 is 0 Å². The van der Waals surface area contributed by atoms with E-state index in [-0.39, 0.29) is 12.3 Å². The number of carbonyl (C=O) groups is 2. The number of halogens is 3. The number of amides is 1. The molecule has 0 aromatic heterocycles. The van der Waals surface area contributed by atoms with E-state index in [4.69, 9.17) is 5.11 Å². The van der Waals surface area contributed by atoms with Crippen molar-refractivity contribution in [1.82, 2.24) is 4.90 Å². The lowest BCUT2D eigenvalue weighted by Gasteiger charge is -2.23. The first-order valence-corrected chi connectivity index (χ1v) is 5.51. The van der Waals surface area contributed by atoms with E-state index in [0.717, 1.165) is 12.8 Å². The van der Waals surface area contributed by atoms with Crippen molar-refractivity contribution in [3.05, 3.63) is 12.2 Å². The van der Waals surface area contributed by atoms with Gasteiger partial charge in [-0.1, -0.05) is 12.2 Å². The molecule has 0 aliphatic heterocycles. The Morgan fingerprint density at radius 2 is 2.06 bits per heavy atom. The molecule has 0 spiro atoms. The molecule has 102 valence electrons. The molecule has 0 saturated heterocycles. The molecular formula is C11H14F3NO3. The van der Waals surface area contributed by atoms with E-state index in [1.807, 2.05) is 6.08 Å². The second-order valence-corrected chi connectivity index (χ2v) is 4.23. The van der Waals surface area contributed by atoms with Crippen LogP contribution >= 0.6 is 0 Å². The van der Waals surface area contributed by atoms with Crippen molar-refractivity contribution in [3.63, 3.8) is 0 Å². The smallest absolute Gasteiger partial charge is 0.406 e. The van der Waals surface area contributed by atoms with E-state index in [9.17, 15) is 22.8 Å². The molecule has 1 N–H and O–H groups in total. The van der Waals surface area contributed by atoms with Crippen molar-refractivity contribution in [2.45, 2.75) is 25.4 Å². The van der Waals surface area contributed by atoms with Gasteiger partial charge in [-0.3, -0.25) is 9.59 Å². The average molecular weight is 265 g/mol. The molecule has 0 fully saturated rings. The maximum Gasteiger partial charge on any atom is 0.406 e. The number of aliphatic carboxylic acids is 1. The van der Waals surface area contributed by atoms with Gasteiger partial charge in [0.1, 0.15) is 13.1 Å². The van der Waals surface area contributed by atoms with Crippen LogP contribution in [0, 0.1) is 5.92 Å². The molecule has 1 atom stereocenters. The first-order chi connectivity index (χ1) is 8.28. The second-order valence-electron chi connectivity index (χ2n) is 4.23. The summed E-state index contributed by atoms with van der Waals surface area (Å²) in [6, 6.07) is 0. The summed E-state index contributed by atoms with van der Waals surface area (Å²) in [4.78, 5) is 22.4. The van der Waals surface area contributed by atoms with Gasteiger partial charge in [0, 0.05) is 6.42 Å². The van der Waals surface area contributed by atoms with Crippen LogP contribution in [-0.2, 0) is 9.59 Å². The van der Waals surface area contributed by atoms with Crippen molar-refractivity contribution < 1.29 is 27.9 Å². The quantitative estimate of drug-likeness (QED) is 0.771. The summed E-state index contributed by atoms with van der Waals surface area (Å²) in [7, 11) is 0. The predicted octanol–water partition coefficient (Wildman–Crippen LogP) is 1.82. The third-order valence-corrected chi connectivity index (χ3v) is 2.60. The summed E-state index contributed by atoms with van der Waals surface area (Å²) in [5.74, 6) is -2.30. The zero-order chi connectivity index (χ0) is 13.8. The minimum absolute atomic E-state index is 0.0696. The second kappa shape index (κ2) is 5.88. The molecule has 0 heterocycles. The average Bonchev–Trinajstić information content (AvgIpc) is 2.66. The number of hydrogen-bond donors (Lipinski definition) is 1. The SMILES string of the molecule is O=C(O)CN(CC(F)(F)F)C(=O)CC1C=CCC1. The van der Waals surface area contributed by atoms with Crippen molar-refractivity contribution in [1.29, 1.82) is 0 Å². The number of nitrogens with zero attached hydrogens (tertiary/aromatic N) is 1. The number of carboxylic acids is 1. The van der Waals surface area contributed by atoms with Crippen molar-refractivity contribution in [2.75, 3.05) is 13.1 Å². The lowest BCUT2D eigenvalue weighted by Crippen LogP contribution is -2.42. The van der Waals surface area contributed by atoms with Crippen LogP contribution in [0.15, 0.2) is 12.2 Å². The third-order valence-electron chi connectivity index (χ3n) is 2.60. The van der Waals surface area contributed by atoms with Crippen LogP contribution in [-0.4, -0.2) is 41.1 Å². The molecule has 1 amide bonds. The Bertz CT molecular complexity index is 352. The molecule has 4 nitrogen and oxygen atoms in total. The van der Waals surface area contributed by atoms with Crippen LogP contribution in [0.2, 0.25) is 0 Å². The van der Waals surface area contributed by atoms with Gasteiger partial charge in [0.2, 0.25) is 5.91 Å². The van der Waals surface area contributed by atoms with Crippen LogP contribution < -0.4 is 0 Å². The first kappa shape index (κ1) is 14.5. The fourth-order valence-electron chi connectivity index (χ4n) is 1.83. The molecule has 1 aliphatic carbocycles. The molecule has 0 saturated carbocycles. The number of alkyl halides is 3. The zero-order valence-electron chi connectivity index (χ0n) is 9.61. The molecule has 1 aliphatic rings. The highest BCUT2D eigenvalue weighted by molar-refractivity contribution is 5.81.